The first-order chi connectivity index (χ1) is 9.47. The summed E-state index contributed by atoms with van der Waals surface area (Å²) in [7, 11) is -3.45. The summed E-state index contributed by atoms with van der Waals surface area (Å²) in [6, 6.07) is 15.5. The van der Waals surface area contributed by atoms with E-state index in [1.54, 1.807) is 26.0 Å². The van der Waals surface area contributed by atoms with E-state index in [9.17, 15) is 8.42 Å². The molecule has 0 saturated carbocycles. The molecule has 2 aromatic carbocycles. The first-order valence-corrected chi connectivity index (χ1v) is 7.81. The molecule has 0 unspecified atom stereocenters. The Morgan fingerprint density at radius 3 is 2.00 bits per heavy atom. The second-order valence-electron chi connectivity index (χ2n) is 4.66. The molecule has 0 bridgehead atoms. The molecule has 0 amide bonds. The van der Waals surface area contributed by atoms with E-state index in [-0.39, 0.29) is 10.9 Å². The van der Waals surface area contributed by atoms with E-state index in [1.165, 1.54) is 12.1 Å². The zero-order valence-corrected chi connectivity index (χ0v) is 12.2. The Kier molecular flexibility index (Phi) is 4.42. The predicted octanol–water partition coefficient (Wildman–Crippen LogP) is 3.17. The number of ether oxygens (including phenoxy) is 1. The maximum Gasteiger partial charge on any atom is 0.240 e. The van der Waals surface area contributed by atoms with Gasteiger partial charge < -0.3 is 4.74 Å². The summed E-state index contributed by atoms with van der Waals surface area (Å²) in [5, 5.41) is 0. The Morgan fingerprint density at radius 1 is 0.900 bits per heavy atom. The van der Waals surface area contributed by atoms with Gasteiger partial charge in [-0.05, 0) is 50.2 Å². The van der Waals surface area contributed by atoms with E-state index >= 15 is 0 Å². The summed E-state index contributed by atoms with van der Waals surface area (Å²) in [6.07, 6.45) is 0. The van der Waals surface area contributed by atoms with Crippen molar-refractivity contribution < 1.29 is 13.2 Å². The van der Waals surface area contributed by atoms with Gasteiger partial charge in [0.15, 0.2) is 0 Å². The van der Waals surface area contributed by atoms with E-state index < -0.39 is 10.0 Å². The molecule has 0 heterocycles. The molecule has 0 aliphatic heterocycles. The summed E-state index contributed by atoms with van der Waals surface area (Å²) in [6.45, 7) is 3.56. The van der Waals surface area contributed by atoms with Crippen LogP contribution in [-0.4, -0.2) is 14.5 Å². The number of nitrogens with one attached hydrogen (secondary N) is 1. The highest BCUT2D eigenvalue weighted by atomic mass is 32.2. The van der Waals surface area contributed by atoms with E-state index in [1.807, 2.05) is 30.3 Å². The van der Waals surface area contributed by atoms with Crippen LogP contribution in [0.1, 0.15) is 13.8 Å². The topological polar surface area (TPSA) is 55.4 Å². The van der Waals surface area contributed by atoms with Gasteiger partial charge in [0.05, 0.1) is 4.90 Å². The number of benzene rings is 2. The molecule has 4 nitrogen and oxygen atoms in total. The Hall–Kier alpha value is -1.85. The molecule has 0 saturated heterocycles. The highest BCUT2D eigenvalue weighted by Crippen LogP contribution is 2.22. The van der Waals surface area contributed by atoms with Crippen molar-refractivity contribution in [2.45, 2.75) is 24.8 Å². The monoisotopic (exact) mass is 291 g/mol. The lowest BCUT2D eigenvalue weighted by molar-refractivity contribution is 0.482. The van der Waals surface area contributed by atoms with Crippen LogP contribution >= 0.6 is 0 Å². The van der Waals surface area contributed by atoms with Gasteiger partial charge in [0.25, 0.3) is 0 Å². The summed E-state index contributed by atoms with van der Waals surface area (Å²) in [4.78, 5) is 0.228. The number of sulfonamides is 1. The van der Waals surface area contributed by atoms with Crippen molar-refractivity contribution in [2.75, 3.05) is 0 Å². The molecule has 0 fully saturated rings. The van der Waals surface area contributed by atoms with Crippen LogP contribution in [0.2, 0.25) is 0 Å². The minimum atomic E-state index is -3.45. The van der Waals surface area contributed by atoms with Crippen LogP contribution in [0.4, 0.5) is 0 Å². The van der Waals surface area contributed by atoms with Crippen molar-refractivity contribution in [3.8, 4) is 11.5 Å². The smallest absolute Gasteiger partial charge is 0.240 e. The van der Waals surface area contributed by atoms with E-state index in [4.69, 9.17) is 4.74 Å². The normalized spacial score (nSPS) is 11.6. The molecule has 1 N–H and O–H groups in total. The Bertz CT molecular complexity index is 649. The Balaban J connectivity index is 2.14. The molecule has 0 atom stereocenters. The summed E-state index contributed by atoms with van der Waals surface area (Å²) in [5.41, 5.74) is 0. The Morgan fingerprint density at radius 2 is 1.45 bits per heavy atom. The number of para-hydroxylation sites is 1. The van der Waals surface area contributed by atoms with Crippen LogP contribution in [0.5, 0.6) is 11.5 Å². The predicted molar refractivity (Wildman–Crippen MR) is 78.4 cm³/mol. The van der Waals surface area contributed by atoms with Crippen molar-refractivity contribution in [3.05, 3.63) is 54.6 Å². The Labute approximate surface area is 119 Å². The molecule has 0 radical (unpaired) electrons. The minimum Gasteiger partial charge on any atom is -0.457 e. The third-order valence-corrected chi connectivity index (χ3v) is 4.18. The standard InChI is InChI=1S/C15H17NO3S/c1-12(2)16-20(17,18)15-10-8-14(9-11-15)19-13-6-4-3-5-7-13/h3-12,16H,1-2H3. The molecule has 0 spiro atoms. The maximum atomic E-state index is 12.0. The van der Waals surface area contributed by atoms with Crippen LogP contribution in [0, 0.1) is 0 Å². The molecule has 5 heteroatoms. The average molecular weight is 291 g/mol. The van der Waals surface area contributed by atoms with Gasteiger partial charge in [-0.15, -0.1) is 0 Å². The van der Waals surface area contributed by atoms with Crippen molar-refractivity contribution in [3.63, 3.8) is 0 Å². The second kappa shape index (κ2) is 6.07. The maximum absolute atomic E-state index is 12.0. The summed E-state index contributed by atoms with van der Waals surface area (Å²) in [5.74, 6) is 1.31. The summed E-state index contributed by atoms with van der Waals surface area (Å²) >= 11 is 0. The lowest BCUT2D eigenvalue weighted by Crippen LogP contribution is -2.30. The molecule has 0 aromatic heterocycles. The average Bonchev–Trinajstić information content (AvgIpc) is 2.39. The van der Waals surface area contributed by atoms with Gasteiger partial charge in [-0.25, -0.2) is 13.1 Å². The lowest BCUT2D eigenvalue weighted by Gasteiger charge is -2.10. The van der Waals surface area contributed by atoms with Gasteiger partial charge in [-0.3, -0.25) is 0 Å². The molecule has 0 aliphatic rings. The van der Waals surface area contributed by atoms with Gasteiger partial charge in [-0.2, -0.15) is 0 Å². The molecule has 20 heavy (non-hydrogen) atoms. The minimum absolute atomic E-state index is 0.139. The van der Waals surface area contributed by atoms with Crippen molar-refractivity contribution in [1.82, 2.24) is 4.72 Å². The van der Waals surface area contributed by atoms with E-state index in [2.05, 4.69) is 4.72 Å². The molecule has 0 aliphatic carbocycles. The number of hydrogen-bond donors (Lipinski definition) is 1. The number of rotatable bonds is 5. The van der Waals surface area contributed by atoms with E-state index in [0.717, 1.165) is 0 Å². The highest BCUT2D eigenvalue weighted by molar-refractivity contribution is 7.89. The molecule has 2 rings (SSSR count). The summed E-state index contributed by atoms with van der Waals surface area (Å²) < 4.78 is 32.1. The first-order valence-electron chi connectivity index (χ1n) is 6.33. The molecule has 106 valence electrons. The fourth-order valence-electron chi connectivity index (χ4n) is 1.69. The molecular formula is C15H17NO3S. The van der Waals surface area contributed by atoms with E-state index in [0.29, 0.717) is 11.5 Å². The number of hydrogen-bond acceptors (Lipinski definition) is 3. The van der Waals surface area contributed by atoms with Crippen LogP contribution in [0.3, 0.4) is 0 Å². The lowest BCUT2D eigenvalue weighted by atomic mass is 10.3. The quantitative estimate of drug-likeness (QED) is 0.920. The zero-order chi connectivity index (χ0) is 14.6. The van der Waals surface area contributed by atoms with Gasteiger partial charge >= 0.3 is 0 Å². The van der Waals surface area contributed by atoms with Crippen LogP contribution in [0.15, 0.2) is 59.5 Å². The third-order valence-electron chi connectivity index (χ3n) is 2.50. The molecule has 2 aromatic rings. The van der Waals surface area contributed by atoms with Gasteiger partial charge in [-0.1, -0.05) is 18.2 Å². The zero-order valence-electron chi connectivity index (χ0n) is 11.4. The molecular weight excluding hydrogens is 274 g/mol. The van der Waals surface area contributed by atoms with Gasteiger partial charge in [0, 0.05) is 6.04 Å². The first kappa shape index (κ1) is 14.6. The third kappa shape index (κ3) is 3.82. The van der Waals surface area contributed by atoms with Crippen LogP contribution < -0.4 is 9.46 Å². The van der Waals surface area contributed by atoms with Gasteiger partial charge in [0.2, 0.25) is 10.0 Å². The van der Waals surface area contributed by atoms with Crippen molar-refractivity contribution >= 4 is 10.0 Å². The van der Waals surface area contributed by atoms with Crippen LogP contribution in [0.25, 0.3) is 0 Å². The largest absolute Gasteiger partial charge is 0.457 e. The fourth-order valence-corrected chi connectivity index (χ4v) is 2.94. The van der Waals surface area contributed by atoms with Gasteiger partial charge in [0.1, 0.15) is 11.5 Å². The second-order valence-corrected chi connectivity index (χ2v) is 6.38. The van der Waals surface area contributed by atoms with Crippen molar-refractivity contribution in [2.24, 2.45) is 0 Å². The fraction of sp³-hybridized carbons (Fsp3) is 0.200. The van der Waals surface area contributed by atoms with Crippen LogP contribution in [-0.2, 0) is 10.0 Å². The highest BCUT2D eigenvalue weighted by Gasteiger charge is 2.14. The SMILES string of the molecule is CC(C)NS(=O)(=O)c1ccc(Oc2ccccc2)cc1. The van der Waals surface area contributed by atoms with Crippen molar-refractivity contribution in [1.29, 1.82) is 0 Å².